The molecular weight excluding hydrogens is 282 g/mol. The fourth-order valence-electron chi connectivity index (χ4n) is 1.55. The average Bonchev–Trinajstić information content (AvgIpc) is 2.42. The van der Waals surface area contributed by atoms with Gasteiger partial charge in [-0.15, -0.1) is 0 Å². The number of rotatable bonds is 9. The van der Waals surface area contributed by atoms with Crippen LogP contribution >= 0.6 is 11.8 Å². The quantitative estimate of drug-likeness (QED) is 0.571. The molecule has 20 heavy (non-hydrogen) atoms. The Bertz CT molecular complexity index is 335. The van der Waals surface area contributed by atoms with Gasteiger partial charge < -0.3 is 20.6 Å². The Kier molecular flexibility index (Phi) is 9.61. The largest absolute Gasteiger partial charge is 0.480 e. The summed E-state index contributed by atoms with van der Waals surface area (Å²) < 4.78 is 0. The van der Waals surface area contributed by atoms with Gasteiger partial charge in [0.15, 0.2) is 0 Å². The molecule has 0 aromatic carbocycles. The lowest BCUT2D eigenvalue weighted by atomic mass is 10.2. The van der Waals surface area contributed by atoms with Crippen LogP contribution in [0.2, 0.25) is 0 Å². The van der Waals surface area contributed by atoms with Gasteiger partial charge in [-0.1, -0.05) is 0 Å². The first-order chi connectivity index (χ1) is 9.46. The highest BCUT2D eigenvalue weighted by atomic mass is 32.2. The van der Waals surface area contributed by atoms with Gasteiger partial charge in [0, 0.05) is 13.1 Å². The lowest BCUT2D eigenvalue weighted by molar-refractivity contribution is -0.139. The number of likely N-dealkylation sites (N-methyl/N-ethyl adjacent to an activating group) is 1. The van der Waals surface area contributed by atoms with Crippen LogP contribution in [0.5, 0.6) is 0 Å². The van der Waals surface area contributed by atoms with E-state index in [-0.39, 0.29) is 12.5 Å². The molecule has 0 aromatic rings. The summed E-state index contributed by atoms with van der Waals surface area (Å²) in [5.41, 5.74) is 0. The Morgan fingerprint density at radius 3 is 2.30 bits per heavy atom. The van der Waals surface area contributed by atoms with Crippen molar-refractivity contribution in [3.8, 4) is 0 Å². The van der Waals surface area contributed by atoms with Gasteiger partial charge in [0.1, 0.15) is 6.04 Å². The zero-order valence-electron chi connectivity index (χ0n) is 12.1. The molecule has 0 aliphatic carbocycles. The molecule has 0 aliphatic rings. The van der Waals surface area contributed by atoms with Crippen LogP contribution < -0.4 is 10.6 Å². The van der Waals surface area contributed by atoms with Crippen LogP contribution in [-0.4, -0.2) is 65.6 Å². The third-order valence-corrected chi connectivity index (χ3v) is 3.37. The van der Waals surface area contributed by atoms with E-state index in [0.29, 0.717) is 25.3 Å². The standard InChI is InChI=1S/C12H23N3O4S/c1-4-15(5-2)10(16)8-13-12(19)14-9(11(17)18)6-7-20-3/h9H,4-8H2,1-3H3,(H,17,18)(H2,13,14,19)/t9-/m1/s1. The van der Waals surface area contributed by atoms with Gasteiger partial charge in [-0.25, -0.2) is 9.59 Å². The lowest BCUT2D eigenvalue weighted by Crippen LogP contribution is -2.49. The van der Waals surface area contributed by atoms with E-state index in [0.717, 1.165) is 0 Å². The minimum atomic E-state index is -1.08. The van der Waals surface area contributed by atoms with E-state index >= 15 is 0 Å². The molecule has 0 rings (SSSR count). The molecule has 1 atom stereocenters. The number of thioether (sulfide) groups is 1. The fourth-order valence-corrected chi connectivity index (χ4v) is 2.02. The van der Waals surface area contributed by atoms with Crippen molar-refractivity contribution in [3.63, 3.8) is 0 Å². The Balaban J connectivity index is 4.19. The molecule has 0 aliphatic heterocycles. The lowest BCUT2D eigenvalue weighted by Gasteiger charge is -2.19. The van der Waals surface area contributed by atoms with Gasteiger partial charge in [-0.2, -0.15) is 11.8 Å². The zero-order valence-corrected chi connectivity index (χ0v) is 13.0. The summed E-state index contributed by atoms with van der Waals surface area (Å²) in [5, 5.41) is 13.7. The Labute approximate surface area is 123 Å². The van der Waals surface area contributed by atoms with Gasteiger partial charge in [0.05, 0.1) is 6.54 Å². The van der Waals surface area contributed by atoms with E-state index in [9.17, 15) is 14.4 Å². The number of aliphatic carboxylic acids is 1. The fraction of sp³-hybridized carbons (Fsp3) is 0.750. The normalized spacial score (nSPS) is 11.6. The molecule has 0 unspecified atom stereocenters. The molecule has 0 saturated heterocycles. The van der Waals surface area contributed by atoms with Crippen LogP contribution in [0, 0.1) is 0 Å². The number of carbonyl (C=O) groups excluding carboxylic acids is 2. The number of carbonyl (C=O) groups is 3. The Morgan fingerprint density at radius 1 is 1.25 bits per heavy atom. The number of carboxylic acid groups (broad SMARTS) is 1. The van der Waals surface area contributed by atoms with Crippen LogP contribution in [0.25, 0.3) is 0 Å². The molecule has 0 radical (unpaired) electrons. The molecule has 116 valence electrons. The number of amides is 3. The highest BCUT2D eigenvalue weighted by Crippen LogP contribution is 2.00. The predicted octanol–water partition coefficient (Wildman–Crippen LogP) is 0.360. The van der Waals surface area contributed by atoms with Crippen LogP contribution in [0.15, 0.2) is 0 Å². The topological polar surface area (TPSA) is 98.7 Å². The van der Waals surface area contributed by atoms with Crippen molar-refractivity contribution >= 4 is 29.7 Å². The van der Waals surface area contributed by atoms with Crippen molar-refractivity contribution in [3.05, 3.63) is 0 Å². The Hall–Kier alpha value is -1.44. The maximum absolute atomic E-state index is 11.7. The van der Waals surface area contributed by atoms with E-state index in [1.54, 1.807) is 4.90 Å². The molecule has 0 bridgehead atoms. The molecule has 0 spiro atoms. The molecule has 0 heterocycles. The minimum absolute atomic E-state index is 0.137. The van der Waals surface area contributed by atoms with Gasteiger partial charge in [0.2, 0.25) is 5.91 Å². The first kappa shape index (κ1) is 18.6. The number of hydrogen-bond donors (Lipinski definition) is 3. The van der Waals surface area contributed by atoms with Crippen molar-refractivity contribution in [1.82, 2.24) is 15.5 Å². The second-order valence-corrected chi connectivity index (χ2v) is 5.05. The first-order valence-electron chi connectivity index (χ1n) is 6.50. The van der Waals surface area contributed by atoms with Crippen molar-refractivity contribution in [2.75, 3.05) is 31.6 Å². The highest BCUT2D eigenvalue weighted by Gasteiger charge is 2.19. The molecule has 3 amide bonds. The van der Waals surface area contributed by atoms with E-state index in [2.05, 4.69) is 10.6 Å². The van der Waals surface area contributed by atoms with Gasteiger partial charge in [0.25, 0.3) is 0 Å². The van der Waals surface area contributed by atoms with E-state index in [1.807, 2.05) is 20.1 Å². The summed E-state index contributed by atoms with van der Waals surface area (Å²) in [6, 6.07) is -1.58. The van der Waals surface area contributed by atoms with Crippen LogP contribution in [0.1, 0.15) is 20.3 Å². The second-order valence-electron chi connectivity index (χ2n) is 4.07. The third kappa shape index (κ3) is 7.22. The van der Waals surface area contributed by atoms with E-state index < -0.39 is 18.0 Å². The number of hydrogen-bond acceptors (Lipinski definition) is 4. The van der Waals surface area contributed by atoms with Gasteiger partial charge >= 0.3 is 12.0 Å². The van der Waals surface area contributed by atoms with Crippen LogP contribution in [0.4, 0.5) is 4.79 Å². The SMILES string of the molecule is CCN(CC)C(=O)CNC(=O)N[C@H](CCSC)C(=O)O. The summed E-state index contributed by atoms with van der Waals surface area (Å²) in [6.45, 7) is 4.71. The molecule has 0 aromatic heterocycles. The highest BCUT2D eigenvalue weighted by molar-refractivity contribution is 7.98. The molecule has 3 N–H and O–H groups in total. The maximum Gasteiger partial charge on any atom is 0.326 e. The van der Waals surface area contributed by atoms with E-state index in [1.165, 1.54) is 11.8 Å². The molecular formula is C12H23N3O4S. The minimum Gasteiger partial charge on any atom is -0.480 e. The second kappa shape index (κ2) is 10.4. The monoisotopic (exact) mass is 305 g/mol. The summed E-state index contributed by atoms with van der Waals surface area (Å²) in [5.74, 6) is -0.638. The van der Waals surface area contributed by atoms with Gasteiger partial charge in [-0.05, 0) is 32.3 Å². The smallest absolute Gasteiger partial charge is 0.326 e. The summed E-state index contributed by atoms with van der Waals surface area (Å²) in [4.78, 5) is 35.8. The summed E-state index contributed by atoms with van der Waals surface area (Å²) >= 11 is 1.51. The number of carboxylic acids is 1. The average molecular weight is 305 g/mol. The zero-order chi connectivity index (χ0) is 15.5. The Morgan fingerprint density at radius 2 is 1.85 bits per heavy atom. The summed E-state index contributed by atoms with van der Waals surface area (Å²) in [6.07, 6.45) is 2.20. The number of nitrogens with zero attached hydrogens (tertiary/aromatic N) is 1. The maximum atomic E-state index is 11.7. The molecule has 0 saturated carbocycles. The summed E-state index contributed by atoms with van der Waals surface area (Å²) in [7, 11) is 0. The molecule has 8 heteroatoms. The van der Waals surface area contributed by atoms with Crippen molar-refractivity contribution < 1.29 is 19.5 Å². The molecule has 7 nitrogen and oxygen atoms in total. The van der Waals surface area contributed by atoms with Crippen LogP contribution in [-0.2, 0) is 9.59 Å². The number of urea groups is 1. The van der Waals surface area contributed by atoms with Crippen molar-refractivity contribution in [2.45, 2.75) is 26.3 Å². The van der Waals surface area contributed by atoms with Crippen LogP contribution in [0.3, 0.4) is 0 Å². The predicted molar refractivity (Wildman–Crippen MR) is 78.9 cm³/mol. The first-order valence-corrected chi connectivity index (χ1v) is 7.89. The van der Waals surface area contributed by atoms with Gasteiger partial charge in [-0.3, -0.25) is 4.79 Å². The number of nitrogens with one attached hydrogen (secondary N) is 2. The van der Waals surface area contributed by atoms with E-state index in [4.69, 9.17) is 5.11 Å². The van der Waals surface area contributed by atoms with Crippen molar-refractivity contribution in [1.29, 1.82) is 0 Å². The van der Waals surface area contributed by atoms with Crippen molar-refractivity contribution in [2.24, 2.45) is 0 Å². The molecule has 0 fully saturated rings. The third-order valence-electron chi connectivity index (χ3n) is 2.73.